The number of carbonyl (C=O) groups excluding carboxylic acids is 2. The van der Waals surface area contributed by atoms with Crippen molar-refractivity contribution in [1.82, 2.24) is 4.90 Å². The van der Waals surface area contributed by atoms with Crippen LogP contribution in [-0.2, 0) is 14.3 Å². The first-order chi connectivity index (χ1) is 14.6. The van der Waals surface area contributed by atoms with Crippen molar-refractivity contribution < 1.29 is 29.3 Å². The Bertz CT molecular complexity index is 907. The van der Waals surface area contributed by atoms with Crippen LogP contribution in [0.4, 0.5) is 0 Å². The zero-order valence-electron chi connectivity index (χ0n) is 16.8. The van der Waals surface area contributed by atoms with Crippen molar-refractivity contribution in [3.63, 3.8) is 0 Å². The predicted molar refractivity (Wildman–Crippen MR) is 111 cm³/mol. The number of hydrogen-bond acceptors (Lipinski definition) is 6. The Morgan fingerprint density at radius 1 is 1.03 bits per heavy atom. The summed E-state index contributed by atoms with van der Waals surface area (Å²) in [6.07, 6.45) is 0. The summed E-state index contributed by atoms with van der Waals surface area (Å²) in [5.74, 6) is -1.01. The Labute approximate surface area is 175 Å². The van der Waals surface area contributed by atoms with E-state index in [2.05, 4.69) is 0 Å². The average molecular weight is 411 g/mol. The first kappa shape index (κ1) is 21.5. The zero-order valence-corrected chi connectivity index (χ0v) is 16.8. The summed E-state index contributed by atoms with van der Waals surface area (Å²) in [4.78, 5) is 27.0. The molecule has 2 aromatic rings. The third kappa shape index (κ3) is 4.53. The van der Waals surface area contributed by atoms with Crippen LogP contribution in [0.1, 0.15) is 24.1 Å². The van der Waals surface area contributed by atoms with Crippen molar-refractivity contribution in [3.8, 4) is 5.75 Å². The molecule has 7 nitrogen and oxygen atoms in total. The Hall–Kier alpha value is -3.16. The molecule has 2 N–H and O–H groups in total. The van der Waals surface area contributed by atoms with Crippen molar-refractivity contribution in [1.29, 1.82) is 0 Å². The van der Waals surface area contributed by atoms with E-state index in [1.54, 1.807) is 24.3 Å². The lowest BCUT2D eigenvalue weighted by Crippen LogP contribution is -2.33. The molecule has 1 amide bonds. The van der Waals surface area contributed by atoms with Gasteiger partial charge in [-0.15, -0.1) is 0 Å². The van der Waals surface area contributed by atoms with Crippen LogP contribution in [0.15, 0.2) is 60.2 Å². The normalized spacial score (nSPS) is 18.1. The van der Waals surface area contributed by atoms with Gasteiger partial charge in [-0.3, -0.25) is 9.59 Å². The molecular formula is C23H25NO6. The third-order valence-electron chi connectivity index (χ3n) is 4.81. The fraction of sp³-hybridized carbons (Fsp3) is 0.304. The Morgan fingerprint density at radius 3 is 2.37 bits per heavy atom. The first-order valence-corrected chi connectivity index (χ1v) is 9.83. The number of rotatable bonds is 9. The van der Waals surface area contributed by atoms with Crippen molar-refractivity contribution in [2.75, 3.05) is 33.0 Å². The van der Waals surface area contributed by atoms with E-state index in [0.717, 1.165) is 0 Å². The molecule has 30 heavy (non-hydrogen) atoms. The number of Topliss-reactive ketones (excluding diaryl/α,β-unsaturated/α-hetero) is 1. The van der Waals surface area contributed by atoms with E-state index >= 15 is 0 Å². The standard InChI is InChI=1S/C23H25NO6/c1-2-30-18-10-8-17(9-11-18)21(26)19-20(16-6-4-3-5-7-16)24(23(28)22(19)27)12-14-29-15-13-25/h3-11,20,25-26H,2,12-15H2,1H3/b21-19+/t20-/m1/s1. The van der Waals surface area contributed by atoms with E-state index in [0.29, 0.717) is 23.5 Å². The van der Waals surface area contributed by atoms with Gasteiger partial charge in [-0.2, -0.15) is 0 Å². The molecule has 0 aromatic heterocycles. The van der Waals surface area contributed by atoms with E-state index in [4.69, 9.17) is 14.6 Å². The largest absolute Gasteiger partial charge is 0.507 e. The molecule has 0 radical (unpaired) electrons. The van der Waals surface area contributed by atoms with Gasteiger partial charge >= 0.3 is 0 Å². The molecule has 1 heterocycles. The second-order valence-electron chi connectivity index (χ2n) is 6.70. The second kappa shape index (κ2) is 10.0. The van der Waals surface area contributed by atoms with Gasteiger partial charge in [0, 0.05) is 12.1 Å². The van der Waals surface area contributed by atoms with E-state index in [1.807, 2.05) is 37.3 Å². The predicted octanol–water partition coefficient (Wildman–Crippen LogP) is 2.52. The second-order valence-corrected chi connectivity index (χ2v) is 6.70. The molecule has 1 aliphatic rings. The summed E-state index contributed by atoms with van der Waals surface area (Å²) < 4.78 is 10.7. The number of benzene rings is 2. The van der Waals surface area contributed by atoms with Crippen LogP contribution < -0.4 is 4.74 Å². The van der Waals surface area contributed by atoms with E-state index in [1.165, 1.54) is 4.90 Å². The lowest BCUT2D eigenvalue weighted by molar-refractivity contribution is -0.140. The molecule has 1 saturated heterocycles. The lowest BCUT2D eigenvalue weighted by Gasteiger charge is -2.25. The molecular weight excluding hydrogens is 386 g/mol. The highest BCUT2D eigenvalue weighted by atomic mass is 16.5. The minimum absolute atomic E-state index is 0.0394. The maximum atomic E-state index is 12.9. The van der Waals surface area contributed by atoms with Crippen LogP contribution in [0.2, 0.25) is 0 Å². The molecule has 0 saturated carbocycles. The number of hydrogen-bond donors (Lipinski definition) is 2. The lowest BCUT2D eigenvalue weighted by atomic mass is 9.95. The number of ether oxygens (including phenoxy) is 2. The number of ketones is 1. The topological polar surface area (TPSA) is 96.3 Å². The van der Waals surface area contributed by atoms with E-state index in [-0.39, 0.29) is 37.7 Å². The summed E-state index contributed by atoms with van der Waals surface area (Å²) in [7, 11) is 0. The maximum Gasteiger partial charge on any atom is 0.295 e. The fourth-order valence-electron chi connectivity index (χ4n) is 3.45. The van der Waals surface area contributed by atoms with Gasteiger partial charge in [0.2, 0.25) is 0 Å². The quantitative estimate of drug-likeness (QED) is 0.285. The molecule has 0 spiro atoms. The molecule has 1 fully saturated rings. The summed E-state index contributed by atoms with van der Waals surface area (Å²) >= 11 is 0. The molecule has 0 aliphatic carbocycles. The summed E-state index contributed by atoms with van der Waals surface area (Å²) in [5.41, 5.74) is 1.18. The number of amides is 1. The van der Waals surface area contributed by atoms with Gasteiger partial charge in [0.05, 0.1) is 38.0 Å². The first-order valence-electron chi connectivity index (χ1n) is 9.83. The fourth-order valence-corrected chi connectivity index (χ4v) is 3.45. The number of aliphatic hydroxyl groups excluding tert-OH is 2. The highest BCUT2D eigenvalue weighted by Gasteiger charge is 2.45. The maximum absolute atomic E-state index is 12.9. The van der Waals surface area contributed by atoms with Gasteiger partial charge in [0.1, 0.15) is 11.5 Å². The minimum atomic E-state index is -0.739. The Morgan fingerprint density at radius 2 is 1.73 bits per heavy atom. The third-order valence-corrected chi connectivity index (χ3v) is 4.81. The molecule has 1 atom stereocenters. The van der Waals surface area contributed by atoms with Crippen LogP contribution in [0.5, 0.6) is 5.75 Å². The Balaban J connectivity index is 2.00. The highest BCUT2D eigenvalue weighted by Crippen LogP contribution is 2.39. The Kier molecular flexibility index (Phi) is 7.21. The summed E-state index contributed by atoms with van der Waals surface area (Å²) in [6, 6.07) is 15.1. The smallest absolute Gasteiger partial charge is 0.295 e. The summed E-state index contributed by atoms with van der Waals surface area (Å²) in [5, 5.41) is 19.8. The molecule has 2 aromatic carbocycles. The number of likely N-dealkylation sites (tertiary alicyclic amines) is 1. The summed E-state index contributed by atoms with van der Waals surface area (Å²) in [6.45, 7) is 2.73. The van der Waals surface area contributed by atoms with Crippen LogP contribution in [0.25, 0.3) is 5.76 Å². The SMILES string of the molecule is CCOc1ccc(/C(O)=C2\C(=O)C(=O)N(CCOCCO)[C@@H]2c2ccccc2)cc1. The van der Waals surface area contributed by atoms with Gasteiger partial charge in [0.25, 0.3) is 11.7 Å². The van der Waals surface area contributed by atoms with E-state index in [9.17, 15) is 14.7 Å². The zero-order chi connectivity index (χ0) is 21.5. The molecule has 0 bridgehead atoms. The minimum Gasteiger partial charge on any atom is -0.507 e. The molecule has 158 valence electrons. The van der Waals surface area contributed by atoms with Crippen molar-refractivity contribution in [3.05, 3.63) is 71.3 Å². The number of aliphatic hydroxyl groups is 2. The molecule has 3 rings (SSSR count). The van der Waals surface area contributed by atoms with Gasteiger partial charge < -0.3 is 24.6 Å². The monoisotopic (exact) mass is 411 g/mol. The number of nitrogens with zero attached hydrogens (tertiary/aromatic N) is 1. The van der Waals surface area contributed by atoms with Crippen LogP contribution in [-0.4, -0.2) is 59.8 Å². The van der Waals surface area contributed by atoms with Crippen LogP contribution >= 0.6 is 0 Å². The van der Waals surface area contributed by atoms with Crippen molar-refractivity contribution >= 4 is 17.4 Å². The molecule has 0 unspecified atom stereocenters. The van der Waals surface area contributed by atoms with Crippen molar-refractivity contribution in [2.24, 2.45) is 0 Å². The van der Waals surface area contributed by atoms with Crippen molar-refractivity contribution in [2.45, 2.75) is 13.0 Å². The average Bonchev–Trinajstić information content (AvgIpc) is 3.02. The highest BCUT2D eigenvalue weighted by molar-refractivity contribution is 6.46. The van der Waals surface area contributed by atoms with Gasteiger partial charge in [-0.1, -0.05) is 30.3 Å². The molecule has 7 heteroatoms. The number of carbonyl (C=O) groups is 2. The van der Waals surface area contributed by atoms with Crippen LogP contribution in [0.3, 0.4) is 0 Å². The van der Waals surface area contributed by atoms with Gasteiger partial charge in [0.15, 0.2) is 0 Å². The van der Waals surface area contributed by atoms with Crippen LogP contribution in [0, 0.1) is 0 Å². The molecule has 1 aliphatic heterocycles. The van der Waals surface area contributed by atoms with Gasteiger partial charge in [-0.05, 0) is 36.8 Å². The van der Waals surface area contributed by atoms with Gasteiger partial charge in [-0.25, -0.2) is 0 Å². The van der Waals surface area contributed by atoms with E-state index < -0.39 is 17.7 Å².